The molecule has 0 bridgehead atoms. The van der Waals surface area contributed by atoms with Gasteiger partial charge < -0.3 is 5.32 Å². The second-order valence-corrected chi connectivity index (χ2v) is 4.86. The van der Waals surface area contributed by atoms with Crippen LogP contribution >= 0.6 is 15.9 Å². The lowest BCUT2D eigenvalue weighted by molar-refractivity contribution is -0.137. The maximum Gasteiger partial charge on any atom is 0.419 e. The fourth-order valence-electron chi connectivity index (χ4n) is 1.56. The number of rotatable bonds is 3. The molecule has 2 heterocycles. The van der Waals surface area contributed by atoms with Gasteiger partial charge in [-0.3, -0.25) is 5.10 Å². The molecule has 2 aromatic heterocycles. The summed E-state index contributed by atoms with van der Waals surface area (Å²) in [5.41, 5.74) is -0.0601. The quantitative estimate of drug-likeness (QED) is 0.898. The van der Waals surface area contributed by atoms with Gasteiger partial charge in [0.15, 0.2) is 0 Å². The molecule has 2 rings (SSSR count). The zero-order valence-electron chi connectivity index (χ0n) is 9.79. The first-order chi connectivity index (χ1) is 8.88. The summed E-state index contributed by atoms with van der Waals surface area (Å²) < 4.78 is 39.0. The van der Waals surface area contributed by atoms with Crippen molar-refractivity contribution in [1.29, 1.82) is 0 Å². The average Bonchev–Trinajstić information content (AvgIpc) is 2.83. The topological polar surface area (TPSA) is 53.6 Å². The molecule has 0 aliphatic carbocycles. The highest BCUT2D eigenvalue weighted by atomic mass is 79.9. The van der Waals surface area contributed by atoms with Gasteiger partial charge in [0.1, 0.15) is 5.82 Å². The third-order valence-electron chi connectivity index (χ3n) is 2.53. The Hall–Kier alpha value is -1.57. The smallest absolute Gasteiger partial charge is 0.363 e. The molecule has 0 saturated carbocycles. The standard InChI is InChI=1S/C11H10BrF3N4/c1-6(7-3-17-18-4-7)19-10-9(11(13,14)15)2-8(12)5-16-10/h2-6H,1H3,(H,16,19)(H,17,18). The van der Waals surface area contributed by atoms with E-state index < -0.39 is 11.7 Å². The van der Waals surface area contributed by atoms with E-state index in [9.17, 15) is 13.2 Å². The number of nitrogens with one attached hydrogen (secondary N) is 2. The van der Waals surface area contributed by atoms with Gasteiger partial charge >= 0.3 is 6.18 Å². The highest BCUT2D eigenvalue weighted by Crippen LogP contribution is 2.36. The molecule has 4 nitrogen and oxygen atoms in total. The monoisotopic (exact) mass is 334 g/mol. The lowest BCUT2D eigenvalue weighted by Gasteiger charge is -2.17. The third-order valence-corrected chi connectivity index (χ3v) is 2.97. The predicted molar refractivity (Wildman–Crippen MR) is 67.6 cm³/mol. The molecule has 2 N–H and O–H groups in total. The van der Waals surface area contributed by atoms with Crippen molar-refractivity contribution in [3.8, 4) is 0 Å². The Morgan fingerprint density at radius 1 is 1.37 bits per heavy atom. The summed E-state index contributed by atoms with van der Waals surface area (Å²) in [4.78, 5) is 3.79. The molecular weight excluding hydrogens is 325 g/mol. The number of hydrogen-bond acceptors (Lipinski definition) is 3. The molecule has 0 amide bonds. The van der Waals surface area contributed by atoms with Crippen molar-refractivity contribution in [1.82, 2.24) is 15.2 Å². The molecule has 0 aliphatic heterocycles. The van der Waals surface area contributed by atoms with Gasteiger partial charge in [0, 0.05) is 22.4 Å². The van der Waals surface area contributed by atoms with E-state index in [1.54, 1.807) is 19.3 Å². The number of aromatic nitrogens is 3. The van der Waals surface area contributed by atoms with Crippen molar-refractivity contribution < 1.29 is 13.2 Å². The zero-order chi connectivity index (χ0) is 14.0. The fraction of sp³-hybridized carbons (Fsp3) is 0.273. The van der Waals surface area contributed by atoms with Gasteiger partial charge in [0.2, 0.25) is 0 Å². The first kappa shape index (κ1) is 13.9. The van der Waals surface area contributed by atoms with Gasteiger partial charge in [0.05, 0.1) is 17.8 Å². The lowest BCUT2D eigenvalue weighted by atomic mass is 10.1. The number of H-pyrrole nitrogens is 1. The Labute approximate surface area is 115 Å². The van der Waals surface area contributed by atoms with Crippen LogP contribution in [0.2, 0.25) is 0 Å². The summed E-state index contributed by atoms with van der Waals surface area (Å²) in [7, 11) is 0. The van der Waals surface area contributed by atoms with E-state index in [-0.39, 0.29) is 16.3 Å². The molecule has 102 valence electrons. The summed E-state index contributed by atoms with van der Waals surface area (Å²) in [5, 5.41) is 9.10. The Bertz CT molecular complexity index is 554. The Morgan fingerprint density at radius 2 is 2.11 bits per heavy atom. The van der Waals surface area contributed by atoms with Crippen LogP contribution < -0.4 is 5.32 Å². The Kier molecular flexibility index (Phi) is 3.79. The van der Waals surface area contributed by atoms with Gasteiger partial charge in [-0.2, -0.15) is 18.3 Å². The van der Waals surface area contributed by atoms with Crippen LogP contribution in [-0.4, -0.2) is 15.2 Å². The number of pyridine rings is 1. The summed E-state index contributed by atoms with van der Waals surface area (Å²) in [6, 6.07) is 0.658. The minimum Gasteiger partial charge on any atom is -0.363 e. The predicted octanol–water partition coefficient (Wildman–Crippen LogP) is 3.76. The molecule has 1 unspecified atom stereocenters. The molecule has 0 saturated heterocycles. The van der Waals surface area contributed by atoms with Crippen LogP contribution in [0, 0.1) is 0 Å². The second-order valence-electron chi connectivity index (χ2n) is 3.95. The molecule has 0 radical (unpaired) electrons. The summed E-state index contributed by atoms with van der Waals surface area (Å²) in [6.07, 6.45) is 0.0163. The van der Waals surface area contributed by atoms with Gasteiger partial charge in [-0.15, -0.1) is 0 Å². The summed E-state index contributed by atoms with van der Waals surface area (Å²) >= 11 is 2.99. The normalized spacial score (nSPS) is 13.3. The highest BCUT2D eigenvalue weighted by molar-refractivity contribution is 9.10. The van der Waals surface area contributed by atoms with Crippen LogP contribution in [0.5, 0.6) is 0 Å². The number of halogens is 4. The van der Waals surface area contributed by atoms with Crippen molar-refractivity contribution in [2.45, 2.75) is 19.1 Å². The molecule has 0 fully saturated rings. The molecular formula is C11H10BrF3N4. The number of aromatic amines is 1. The van der Waals surface area contributed by atoms with E-state index in [0.717, 1.165) is 11.6 Å². The minimum atomic E-state index is -4.46. The fourth-order valence-corrected chi connectivity index (χ4v) is 1.89. The highest BCUT2D eigenvalue weighted by Gasteiger charge is 2.35. The molecule has 8 heteroatoms. The third kappa shape index (κ3) is 3.25. The first-order valence-corrected chi connectivity index (χ1v) is 6.15. The van der Waals surface area contributed by atoms with Crippen LogP contribution in [-0.2, 0) is 6.18 Å². The van der Waals surface area contributed by atoms with E-state index in [1.807, 2.05) is 0 Å². The minimum absolute atomic E-state index is 0.204. The van der Waals surface area contributed by atoms with Crippen molar-refractivity contribution in [3.63, 3.8) is 0 Å². The SMILES string of the molecule is CC(Nc1ncc(Br)cc1C(F)(F)F)c1cn[nH]c1. The molecule has 1 atom stereocenters. The van der Waals surface area contributed by atoms with Crippen molar-refractivity contribution >= 4 is 21.7 Å². The maximum atomic E-state index is 12.9. The largest absolute Gasteiger partial charge is 0.419 e. The van der Waals surface area contributed by atoms with Gasteiger partial charge in [0.25, 0.3) is 0 Å². The maximum absolute atomic E-state index is 12.9. The molecule has 0 aliphatic rings. The number of anilines is 1. The molecule has 0 aromatic carbocycles. The van der Waals surface area contributed by atoms with Gasteiger partial charge in [-0.05, 0) is 28.9 Å². The molecule has 19 heavy (non-hydrogen) atoms. The molecule has 2 aromatic rings. The second kappa shape index (κ2) is 5.20. The summed E-state index contributed by atoms with van der Waals surface area (Å²) in [6.45, 7) is 1.73. The molecule has 0 spiro atoms. The van der Waals surface area contributed by atoms with Crippen LogP contribution in [0.3, 0.4) is 0 Å². The number of nitrogens with zero attached hydrogens (tertiary/aromatic N) is 2. The van der Waals surface area contributed by atoms with Crippen molar-refractivity contribution in [3.05, 3.63) is 40.3 Å². The Balaban J connectivity index is 2.30. The van der Waals surface area contributed by atoms with Crippen LogP contribution in [0.15, 0.2) is 29.1 Å². The zero-order valence-corrected chi connectivity index (χ0v) is 11.4. The van der Waals surface area contributed by atoms with E-state index in [2.05, 4.69) is 36.4 Å². The summed E-state index contributed by atoms with van der Waals surface area (Å²) in [5.74, 6) is -0.204. The van der Waals surface area contributed by atoms with Crippen LogP contribution in [0.1, 0.15) is 24.1 Å². The van der Waals surface area contributed by atoms with Crippen LogP contribution in [0.25, 0.3) is 0 Å². The van der Waals surface area contributed by atoms with E-state index >= 15 is 0 Å². The Morgan fingerprint density at radius 3 is 2.68 bits per heavy atom. The van der Waals surface area contributed by atoms with Crippen LogP contribution in [0.4, 0.5) is 19.0 Å². The van der Waals surface area contributed by atoms with Gasteiger partial charge in [-0.25, -0.2) is 4.98 Å². The van der Waals surface area contributed by atoms with Gasteiger partial charge in [-0.1, -0.05) is 0 Å². The first-order valence-electron chi connectivity index (χ1n) is 5.36. The van der Waals surface area contributed by atoms with Crippen molar-refractivity contribution in [2.75, 3.05) is 5.32 Å². The lowest BCUT2D eigenvalue weighted by Crippen LogP contribution is -2.14. The van der Waals surface area contributed by atoms with E-state index in [0.29, 0.717) is 0 Å². The van der Waals surface area contributed by atoms with E-state index in [4.69, 9.17) is 0 Å². The van der Waals surface area contributed by atoms with E-state index in [1.165, 1.54) is 6.20 Å². The number of hydrogen-bond donors (Lipinski definition) is 2. The van der Waals surface area contributed by atoms with Crippen molar-refractivity contribution in [2.24, 2.45) is 0 Å². The average molecular weight is 335 g/mol. The number of alkyl halides is 3.